The Hall–Kier alpha value is -0.0900. The SMILES string of the molecule is CCOC(C)Oc1ccc(OC(=O)C(C)(I)CI)cc1. The van der Waals surface area contributed by atoms with Crippen LogP contribution in [0.2, 0.25) is 0 Å². The lowest BCUT2D eigenvalue weighted by molar-refractivity contribution is -0.135. The second-order valence-electron chi connectivity index (χ2n) is 4.33. The second-order valence-corrected chi connectivity index (χ2v) is 7.48. The van der Waals surface area contributed by atoms with Gasteiger partial charge in [-0.3, -0.25) is 4.79 Å². The number of benzene rings is 1. The highest BCUT2D eigenvalue weighted by atomic mass is 127. The summed E-state index contributed by atoms with van der Waals surface area (Å²) in [5.74, 6) is 0.944. The smallest absolute Gasteiger partial charge is 0.327 e. The topological polar surface area (TPSA) is 44.8 Å². The van der Waals surface area contributed by atoms with Crippen LogP contribution in [0.4, 0.5) is 0 Å². The summed E-state index contributed by atoms with van der Waals surface area (Å²) in [5, 5.41) is 0. The van der Waals surface area contributed by atoms with Gasteiger partial charge in [-0.2, -0.15) is 0 Å². The number of esters is 1. The maximum Gasteiger partial charge on any atom is 0.327 e. The number of carbonyl (C=O) groups is 1. The summed E-state index contributed by atoms with van der Waals surface area (Å²) in [6.07, 6.45) is -0.301. The van der Waals surface area contributed by atoms with Crippen molar-refractivity contribution in [2.45, 2.75) is 30.5 Å². The minimum atomic E-state index is -0.517. The molecule has 0 saturated carbocycles. The second kappa shape index (κ2) is 8.38. The van der Waals surface area contributed by atoms with Gasteiger partial charge in [0.1, 0.15) is 14.9 Å². The van der Waals surface area contributed by atoms with Crippen molar-refractivity contribution in [3.8, 4) is 11.5 Å². The molecule has 112 valence electrons. The van der Waals surface area contributed by atoms with Gasteiger partial charge in [0.05, 0.1) is 0 Å². The van der Waals surface area contributed by atoms with Crippen LogP contribution in [0.25, 0.3) is 0 Å². The van der Waals surface area contributed by atoms with Gasteiger partial charge in [-0.25, -0.2) is 0 Å². The molecule has 1 aromatic carbocycles. The first kappa shape index (κ1) is 18.0. The van der Waals surface area contributed by atoms with E-state index in [1.54, 1.807) is 24.3 Å². The molecule has 6 heteroatoms. The summed E-state index contributed by atoms with van der Waals surface area (Å²) in [4.78, 5) is 11.9. The molecule has 0 aliphatic carbocycles. The van der Waals surface area contributed by atoms with E-state index in [0.717, 1.165) is 0 Å². The minimum absolute atomic E-state index is 0.246. The van der Waals surface area contributed by atoms with E-state index < -0.39 is 3.42 Å². The third kappa shape index (κ3) is 5.72. The number of hydrogen-bond donors (Lipinski definition) is 0. The highest BCUT2D eigenvalue weighted by Gasteiger charge is 2.30. The van der Waals surface area contributed by atoms with E-state index in [0.29, 0.717) is 22.5 Å². The van der Waals surface area contributed by atoms with Crippen molar-refractivity contribution in [2.75, 3.05) is 11.0 Å². The quantitative estimate of drug-likeness (QED) is 0.186. The van der Waals surface area contributed by atoms with Crippen molar-refractivity contribution < 1.29 is 19.0 Å². The van der Waals surface area contributed by atoms with Crippen molar-refractivity contribution in [3.05, 3.63) is 24.3 Å². The van der Waals surface area contributed by atoms with Gasteiger partial charge in [-0.05, 0) is 45.0 Å². The largest absolute Gasteiger partial charge is 0.465 e. The van der Waals surface area contributed by atoms with Crippen molar-refractivity contribution >= 4 is 51.2 Å². The fourth-order valence-corrected chi connectivity index (χ4v) is 1.74. The van der Waals surface area contributed by atoms with Crippen molar-refractivity contribution in [3.63, 3.8) is 0 Å². The van der Waals surface area contributed by atoms with Crippen molar-refractivity contribution in [2.24, 2.45) is 0 Å². The number of alkyl halides is 2. The van der Waals surface area contributed by atoms with Gasteiger partial charge < -0.3 is 14.2 Å². The van der Waals surface area contributed by atoms with E-state index >= 15 is 0 Å². The minimum Gasteiger partial charge on any atom is -0.465 e. The Morgan fingerprint density at radius 3 is 2.35 bits per heavy atom. The standard InChI is InChI=1S/C14H18I2O4/c1-4-18-10(2)19-11-5-7-12(8-6-11)20-13(17)14(3,16)9-15/h5-8,10H,4,9H2,1-3H3. The summed E-state index contributed by atoms with van der Waals surface area (Å²) in [7, 11) is 0. The van der Waals surface area contributed by atoms with Gasteiger partial charge in [0.25, 0.3) is 0 Å². The van der Waals surface area contributed by atoms with E-state index in [1.807, 2.05) is 20.8 Å². The molecule has 0 aliphatic heterocycles. The Bertz CT molecular complexity index is 431. The molecule has 1 aromatic rings. The third-order valence-electron chi connectivity index (χ3n) is 2.41. The Morgan fingerprint density at radius 2 is 1.85 bits per heavy atom. The first-order valence-corrected chi connectivity index (χ1v) is 8.85. The van der Waals surface area contributed by atoms with Crippen LogP contribution in [-0.2, 0) is 9.53 Å². The average Bonchev–Trinajstić information content (AvgIpc) is 2.41. The van der Waals surface area contributed by atoms with E-state index in [9.17, 15) is 4.79 Å². The monoisotopic (exact) mass is 504 g/mol. The zero-order valence-corrected chi connectivity index (χ0v) is 16.0. The van der Waals surface area contributed by atoms with Crippen LogP contribution in [-0.4, -0.2) is 26.7 Å². The summed E-state index contributed by atoms with van der Waals surface area (Å²) >= 11 is 4.27. The lowest BCUT2D eigenvalue weighted by atomic mass is 10.2. The van der Waals surface area contributed by atoms with Crippen LogP contribution in [0, 0.1) is 0 Å². The maximum atomic E-state index is 11.9. The fraction of sp³-hybridized carbons (Fsp3) is 0.500. The predicted octanol–water partition coefficient (Wildman–Crippen LogP) is 3.98. The molecule has 0 heterocycles. The van der Waals surface area contributed by atoms with E-state index in [1.165, 1.54) is 0 Å². The lowest BCUT2D eigenvalue weighted by Crippen LogP contribution is -2.34. The number of halogens is 2. The molecule has 0 amide bonds. The number of carbonyl (C=O) groups excluding carboxylic acids is 1. The Kier molecular flexibility index (Phi) is 7.52. The van der Waals surface area contributed by atoms with E-state index in [-0.39, 0.29) is 12.3 Å². The zero-order chi connectivity index (χ0) is 15.2. The molecular formula is C14H18I2O4. The Balaban J connectivity index is 2.61. The summed E-state index contributed by atoms with van der Waals surface area (Å²) < 4.78 is 16.3. The van der Waals surface area contributed by atoms with Crippen LogP contribution in [0.1, 0.15) is 20.8 Å². The number of hydrogen-bond acceptors (Lipinski definition) is 4. The van der Waals surface area contributed by atoms with Gasteiger partial charge >= 0.3 is 5.97 Å². The molecule has 2 atom stereocenters. The van der Waals surface area contributed by atoms with Crippen LogP contribution in [0.5, 0.6) is 11.5 Å². The summed E-state index contributed by atoms with van der Waals surface area (Å²) in [6, 6.07) is 6.94. The molecule has 0 radical (unpaired) electrons. The lowest BCUT2D eigenvalue weighted by Gasteiger charge is -2.18. The van der Waals surface area contributed by atoms with Crippen molar-refractivity contribution in [1.29, 1.82) is 0 Å². The molecule has 0 aliphatic rings. The summed E-state index contributed by atoms with van der Waals surface area (Å²) in [6.45, 7) is 6.20. The highest BCUT2D eigenvalue weighted by Crippen LogP contribution is 2.25. The van der Waals surface area contributed by atoms with Crippen LogP contribution in [0.15, 0.2) is 24.3 Å². The van der Waals surface area contributed by atoms with E-state index in [4.69, 9.17) is 14.2 Å². The van der Waals surface area contributed by atoms with Gasteiger partial charge in [0.2, 0.25) is 0 Å². The molecule has 0 fully saturated rings. The Labute approximate surface area is 146 Å². The Morgan fingerprint density at radius 1 is 1.30 bits per heavy atom. The first-order valence-electron chi connectivity index (χ1n) is 6.24. The number of ether oxygens (including phenoxy) is 3. The molecule has 0 bridgehead atoms. The predicted molar refractivity (Wildman–Crippen MR) is 95.1 cm³/mol. The molecule has 2 unspecified atom stereocenters. The molecule has 0 spiro atoms. The molecule has 0 saturated heterocycles. The molecule has 0 aromatic heterocycles. The number of rotatable bonds is 7. The maximum absolute atomic E-state index is 11.9. The van der Waals surface area contributed by atoms with Gasteiger partial charge in [0, 0.05) is 11.0 Å². The van der Waals surface area contributed by atoms with Crippen LogP contribution < -0.4 is 9.47 Å². The fourth-order valence-electron chi connectivity index (χ4n) is 1.31. The van der Waals surface area contributed by atoms with Gasteiger partial charge in [0.15, 0.2) is 6.29 Å². The van der Waals surface area contributed by atoms with Crippen LogP contribution >= 0.6 is 45.2 Å². The average molecular weight is 504 g/mol. The van der Waals surface area contributed by atoms with Gasteiger partial charge in [-0.1, -0.05) is 45.2 Å². The first-order chi connectivity index (χ1) is 9.39. The van der Waals surface area contributed by atoms with Crippen molar-refractivity contribution in [1.82, 2.24) is 0 Å². The molecule has 4 nitrogen and oxygen atoms in total. The third-order valence-corrected chi connectivity index (χ3v) is 6.22. The zero-order valence-electron chi connectivity index (χ0n) is 11.7. The normalized spacial score (nSPS) is 15.2. The molecular weight excluding hydrogens is 486 g/mol. The highest BCUT2D eigenvalue weighted by molar-refractivity contribution is 14.1. The van der Waals surface area contributed by atoms with E-state index in [2.05, 4.69) is 45.2 Å². The molecule has 0 N–H and O–H groups in total. The summed E-state index contributed by atoms with van der Waals surface area (Å²) in [5.41, 5.74) is 0. The van der Waals surface area contributed by atoms with Gasteiger partial charge in [-0.15, -0.1) is 0 Å². The molecule has 20 heavy (non-hydrogen) atoms. The molecule has 1 rings (SSSR count). The van der Waals surface area contributed by atoms with Crippen LogP contribution in [0.3, 0.4) is 0 Å².